The normalized spacial score (nSPS) is 15.5. The van der Waals surface area contributed by atoms with Crippen molar-refractivity contribution in [2.75, 3.05) is 18.0 Å². The Kier molecular flexibility index (Phi) is 3.96. The van der Waals surface area contributed by atoms with Crippen molar-refractivity contribution >= 4 is 17.4 Å². The van der Waals surface area contributed by atoms with Crippen molar-refractivity contribution in [2.45, 2.75) is 25.8 Å². The van der Waals surface area contributed by atoms with Crippen molar-refractivity contribution in [3.05, 3.63) is 42.5 Å². The van der Waals surface area contributed by atoms with Crippen molar-refractivity contribution in [3.63, 3.8) is 0 Å². The van der Waals surface area contributed by atoms with Crippen LogP contribution >= 0.6 is 0 Å². The summed E-state index contributed by atoms with van der Waals surface area (Å²) in [4.78, 5) is 26.8. The second-order valence-electron chi connectivity index (χ2n) is 6.02. The topological polar surface area (TPSA) is 101 Å². The largest absolute Gasteiger partial charge is 0.353 e. The average Bonchev–Trinajstić information content (AvgIpc) is 3.04. The van der Waals surface area contributed by atoms with Gasteiger partial charge in [-0.2, -0.15) is 0 Å². The van der Waals surface area contributed by atoms with E-state index in [0.29, 0.717) is 5.69 Å². The van der Waals surface area contributed by atoms with Crippen molar-refractivity contribution < 1.29 is 4.79 Å². The van der Waals surface area contributed by atoms with Gasteiger partial charge in [0.25, 0.3) is 5.91 Å². The number of carbonyl (C=O) groups excluding carboxylic acids is 1. The molecule has 0 aromatic carbocycles. The molecule has 9 nitrogen and oxygen atoms in total. The molecule has 0 radical (unpaired) electrons. The van der Waals surface area contributed by atoms with E-state index in [4.69, 9.17) is 0 Å². The lowest BCUT2D eigenvalue weighted by Crippen LogP contribution is -2.45. The minimum absolute atomic E-state index is 0.116. The molecule has 4 heterocycles. The lowest BCUT2D eigenvalue weighted by molar-refractivity contribution is 0.0925. The smallest absolute Gasteiger partial charge is 0.271 e. The van der Waals surface area contributed by atoms with Gasteiger partial charge in [0, 0.05) is 43.9 Å². The molecule has 0 aliphatic carbocycles. The van der Waals surface area contributed by atoms with E-state index in [-0.39, 0.29) is 11.9 Å². The monoisotopic (exact) mass is 338 g/mol. The molecule has 1 saturated heterocycles. The summed E-state index contributed by atoms with van der Waals surface area (Å²) < 4.78 is 1.93. The number of aryl methyl sites for hydroxylation is 1. The average molecular weight is 338 g/mol. The molecule has 1 amide bonds. The first-order valence-electron chi connectivity index (χ1n) is 8.20. The van der Waals surface area contributed by atoms with Gasteiger partial charge in [0.05, 0.1) is 6.20 Å². The van der Waals surface area contributed by atoms with E-state index in [0.717, 1.165) is 43.2 Å². The number of nitrogens with one attached hydrogen (secondary N) is 1. The lowest BCUT2D eigenvalue weighted by Gasteiger charge is -2.33. The van der Waals surface area contributed by atoms with Crippen LogP contribution in [0.5, 0.6) is 0 Å². The van der Waals surface area contributed by atoms with Crippen LogP contribution in [0.2, 0.25) is 0 Å². The van der Waals surface area contributed by atoms with Gasteiger partial charge in [0.2, 0.25) is 5.65 Å². The van der Waals surface area contributed by atoms with Crippen LogP contribution in [0.25, 0.3) is 5.65 Å². The molecule has 25 heavy (non-hydrogen) atoms. The fraction of sp³-hybridized carbons (Fsp3) is 0.375. The Hall–Kier alpha value is -3.10. The van der Waals surface area contributed by atoms with Crippen molar-refractivity contribution in [1.29, 1.82) is 0 Å². The maximum Gasteiger partial charge on any atom is 0.271 e. The minimum Gasteiger partial charge on any atom is -0.353 e. The number of carbonyl (C=O) groups is 1. The van der Waals surface area contributed by atoms with Gasteiger partial charge in [-0.3, -0.25) is 14.2 Å². The molecular weight excluding hydrogens is 320 g/mol. The number of amides is 1. The van der Waals surface area contributed by atoms with Gasteiger partial charge < -0.3 is 10.2 Å². The molecule has 0 spiro atoms. The number of piperidine rings is 1. The fourth-order valence-electron chi connectivity index (χ4n) is 3.06. The Labute approximate surface area is 144 Å². The van der Waals surface area contributed by atoms with Crippen LogP contribution < -0.4 is 10.2 Å². The highest BCUT2D eigenvalue weighted by atomic mass is 16.1. The Morgan fingerprint density at radius 3 is 2.76 bits per heavy atom. The van der Waals surface area contributed by atoms with Gasteiger partial charge in [-0.25, -0.2) is 9.97 Å². The number of nitrogens with zero attached hydrogens (tertiary/aromatic N) is 7. The third-order valence-corrected chi connectivity index (χ3v) is 4.40. The molecule has 4 rings (SSSR count). The predicted molar refractivity (Wildman–Crippen MR) is 90.3 cm³/mol. The Balaban J connectivity index is 1.42. The molecule has 3 aromatic heterocycles. The van der Waals surface area contributed by atoms with E-state index in [1.165, 1.54) is 12.4 Å². The van der Waals surface area contributed by atoms with Crippen molar-refractivity contribution in [3.8, 4) is 0 Å². The summed E-state index contributed by atoms with van der Waals surface area (Å²) in [5.41, 5.74) is 1.11. The van der Waals surface area contributed by atoms with Crippen LogP contribution in [0.1, 0.15) is 29.2 Å². The summed E-state index contributed by atoms with van der Waals surface area (Å²) in [5.74, 6) is 1.49. The maximum atomic E-state index is 12.2. The Bertz CT molecular complexity index is 886. The fourth-order valence-corrected chi connectivity index (χ4v) is 3.06. The zero-order valence-corrected chi connectivity index (χ0v) is 13.8. The van der Waals surface area contributed by atoms with Crippen LogP contribution in [0.3, 0.4) is 0 Å². The van der Waals surface area contributed by atoms with Gasteiger partial charge in [-0.1, -0.05) is 0 Å². The maximum absolute atomic E-state index is 12.2. The molecule has 1 N–H and O–H groups in total. The summed E-state index contributed by atoms with van der Waals surface area (Å²) in [6, 6.07) is 0.116. The molecule has 0 bridgehead atoms. The van der Waals surface area contributed by atoms with E-state index in [1.807, 2.05) is 17.5 Å². The highest BCUT2D eigenvalue weighted by Gasteiger charge is 2.24. The van der Waals surface area contributed by atoms with E-state index in [1.54, 1.807) is 12.4 Å². The van der Waals surface area contributed by atoms with Crippen LogP contribution in [0.4, 0.5) is 5.82 Å². The number of fused-ring (bicyclic) bond motifs is 1. The highest BCUT2D eigenvalue weighted by Crippen LogP contribution is 2.22. The van der Waals surface area contributed by atoms with Crippen LogP contribution in [0.15, 0.2) is 31.0 Å². The van der Waals surface area contributed by atoms with Crippen LogP contribution in [0, 0.1) is 6.92 Å². The van der Waals surface area contributed by atoms with E-state index < -0.39 is 0 Å². The first kappa shape index (κ1) is 15.4. The van der Waals surface area contributed by atoms with Gasteiger partial charge >= 0.3 is 0 Å². The van der Waals surface area contributed by atoms with E-state index in [2.05, 4.69) is 35.4 Å². The molecule has 0 atom stereocenters. The summed E-state index contributed by atoms with van der Waals surface area (Å²) in [5, 5.41) is 11.4. The SMILES string of the molecule is Cc1nnc2c(N3CCC(NC(=O)c4cnccn4)CC3)nccn12. The number of aromatic nitrogens is 6. The second-order valence-corrected chi connectivity index (χ2v) is 6.02. The number of hydrogen-bond acceptors (Lipinski definition) is 7. The summed E-state index contributed by atoms with van der Waals surface area (Å²) in [7, 11) is 0. The van der Waals surface area contributed by atoms with Gasteiger partial charge in [-0.15, -0.1) is 10.2 Å². The highest BCUT2D eigenvalue weighted by molar-refractivity contribution is 5.92. The van der Waals surface area contributed by atoms with Crippen LogP contribution in [-0.4, -0.2) is 54.6 Å². The first-order valence-corrected chi connectivity index (χ1v) is 8.20. The molecule has 128 valence electrons. The Morgan fingerprint density at radius 2 is 2.00 bits per heavy atom. The van der Waals surface area contributed by atoms with Crippen molar-refractivity contribution in [2.24, 2.45) is 0 Å². The van der Waals surface area contributed by atoms with E-state index in [9.17, 15) is 4.79 Å². The standard InChI is InChI=1S/C16H18N8O/c1-11-21-22-15-14(19-6-9-24(11)15)23-7-2-12(3-8-23)20-16(25)13-10-17-4-5-18-13/h4-6,9-10,12H,2-3,7-8H2,1H3,(H,20,25). The summed E-state index contributed by atoms with van der Waals surface area (Å²) >= 11 is 0. The molecule has 1 aliphatic rings. The van der Waals surface area contributed by atoms with Crippen molar-refractivity contribution in [1.82, 2.24) is 34.9 Å². The molecule has 1 fully saturated rings. The second kappa shape index (κ2) is 6.42. The quantitative estimate of drug-likeness (QED) is 0.747. The first-order chi connectivity index (χ1) is 12.2. The molecular formula is C16H18N8O. The molecule has 1 aliphatic heterocycles. The predicted octanol–water partition coefficient (Wildman–Crippen LogP) is 0.622. The molecule has 3 aromatic rings. The third kappa shape index (κ3) is 3.00. The number of rotatable bonds is 3. The molecule has 9 heteroatoms. The minimum atomic E-state index is -0.181. The Morgan fingerprint density at radius 1 is 1.16 bits per heavy atom. The summed E-state index contributed by atoms with van der Waals surface area (Å²) in [6.45, 7) is 3.51. The zero-order chi connectivity index (χ0) is 17.2. The lowest BCUT2D eigenvalue weighted by atomic mass is 10.0. The van der Waals surface area contributed by atoms with Crippen LogP contribution in [-0.2, 0) is 0 Å². The van der Waals surface area contributed by atoms with Gasteiger partial charge in [0.15, 0.2) is 5.82 Å². The van der Waals surface area contributed by atoms with Gasteiger partial charge in [-0.05, 0) is 19.8 Å². The van der Waals surface area contributed by atoms with E-state index >= 15 is 0 Å². The number of hydrogen-bond donors (Lipinski definition) is 1. The molecule has 0 saturated carbocycles. The summed E-state index contributed by atoms with van der Waals surface area (Å²) in [6.07, 6.45) is 9.84. The zero-order valence-electron chi connectivity index (χ0n) is 13.8. The van der Waals surface area contributed by atoms with Gasteiger partial charge in [0.1, 0.15) is 11.5 Å². The molecule has 0 unspecified atom stereocenters. The number of anilines is 1. The third-order valence-electron chi connectivity index (χ3n) is 4.40.